The van der Waals surface area contributed by atoms with Crippen molar-refractivity contribution in [2.24, 2.45) is 0 Å². The van der Waals surface area contributed by atoms with Gasteiger partial charge in [0.25, 0.3) is 0 Å². The number of hydrogen-bond acceptors (Lipinski definition) is 3. The van der Waals surface area contributed by atoms with E-state index in [1.807, 2.05) is 24.3 Å². The number of carbonyl (C=O) groups excluding carboxylic acids is 2. The Labute approximate surface area is 167 Å². The lowest BCUT2D eigenvalue weighted by molar-refractivity contribution is -0.116. The molecule has 3 rings (SSSR count). The molecule has 0 aromatic heterocycles. The number of benzene rings is 3. The van der Waals surface area contributed by atoms with Crippen LogP contribution < -0.4 is 10.6 Å². The molecule has 0 saturated heterocycles. The predicted molar refractivity (Wildman–Crippen MR) is 114 cm³/mol. The van der Waals surface area contributed by atoms with E-state index >= 15 is 0 Å². The molecule has 3 aromatic rings. The Hall–Kier alpha value is -2.50. The lowest BCUT2D eigenvalue weighted by Gasteiger charge is -2.10. The Morgan fingerprint density at radius 3 is 2.48 bits per heavy atom. The minimum atomic E-state index is -0.158. The molecule has 2 amide bonds. The highest BCUT2D eigenvalue weighted by Gasteiger charge is 2.09. The van der Waals surface area contributed by atoms with Crippen molar-refractivity contribution in [2.45, 2.75) is 18.2 Å². The molecular weight excluding hydrogens is 380 g/mol. The smallest absolute Gasteiger partial charge is 0.234 e. The second-order valence-corrected chi connectivity index (χ2v) is 7.40. The normalized spacial score (nSPS) is 10.6. The Morgan fingerprint density at radius 1 is 0.926 bits per heavy atom. The molecule has 4 nitrogen and oxygen atoms in total. The van der Waals surface area contributed by atoms with E-state index < -0.39 is 0 Å². The molecule has 0 aliphatic heterocycles. The zero-order chi connectivity index (χ0) is 19.2. The van der Waals surface area contributed by atoms with Gasteiger partial charge in [0.05, 0.1) is 16.5 Å². The number of anilines is 2. The van der Waals surface area contributed by atoms with Crippen LogP contribution in [0, 0.1) is 0 Å². The van der Waals surface area contributed by atoms with Gasteiger partial charge in [0.1, 0.15) is 0 Å². The van der Waals surface area contributed by atoms with E-state index in [-0.39, 0.29) is 17.6 Å². The van der Waals surface area contributed by atoms with Crippen LogP contribution in [0.15, 0.2) is 65.6 Å². The van der Waals surface area contributed by atoms with Crippen LogP contribution in [0.4, 0.5) is 11.4 Å². The van der Waals surface area contributed by atoms with E-state index in [1.165, 1.54) is 17.1 Å². The standard InChI is InChI=1S/C21H19ClN2O2S/c1-2-20(25)23-16-8-10-18(22)19(12-16)24-21(26)13-27-17-9-7-14-5-3-4-6-15(14)11-17/h3-12H,2,13H2,1H3,(H,23,25)(H,24,26). The first-order valence-electron chi connectivity index (χ1n) is 8.56. The third-order valence-electron chi connectivity index (χ3n) is 3.94. The largest absolute Gasteiger partial charge is 0.326 e. The maximum atomic E-state index is 12.3. The van der Waals surface area contributed by atoms with E-state index in [4.69, 9.17) is 11.6 Å². The summed E-state index contributed by atoms with van der Waals surface area (Å²) >= 11 is 7.62. The summed E-state index contributed by atoms with van der Waals surface area (Å²) in [6, 6.07) is 19.3. The summed E-state index contributed by atoms with van der Waals surface area (Å²) in [6.45, 7) is 1.78. The van der Waals surface area contributed by atoms with Crippen LogP contribution in [0.5, 0.6) is 0 Å². The highest BCUT2D eigenvalue weighted by molar-refractivity contribution is 8.00. The fourth-order valence-corrected chi connectivity index (χ4v) is 3.45. The second kappa shape index (κ2) is 8.93. The molecule has 0 saturated carbocycles. The number of thioether (sulfide) groups is 1. The van der Waals surface area contributed by atoms with Crippen molar-refractivity contribution in [3.05, 3.63) is 65.7 Å². The van der Waals surface area contributed by atoms with Crippen LogP contribution in [0.25, 0.3) is 10.8 Å². The molecule has 0 spiro atoms. The van der Waals surface area contributed by atoms with Crippen molar-refractivity contribution < 1.29 is 9.59 Å². The first kappa shape index (κ1) is 19.3. The van der Waals surface area contributed by atoms with E-state index in [0.29, 0.717) is 22.8 Å². The number of rotatable bonds is 6. The average Bonchev–Trinajstić information content (AvgIpc) is 2.68. The first-order chi connectivity index (χ1) is 13.0. The molecule has 0 aliphatic carbocycles. The van der Waals surface area contributed by atoms with Gasteiger partial charge in [-0.05, 0) is 41.1 Å². The lowest BCUT2D eigenvalue weighted by atomic mass is 10.1. The van der Waals surface area contributed by atoms with E-state index in [0.717, 1.165) is 10.3 Å². The first-order valence-corrected chi connectivity index (χ1v) is 9.92. The number of nitrogens with one attached hydrogen (secondary N) is 2. The van der Waals surface area contributed by atoms with Crippen molar-refractivity contribution >= 4 is 57.3 Å². The fourth-order valence-electron chi connectivity index (χ4n) is 2.54. The molecule has 0 radical (unpaired) electrons. The van der Waals surface area contributed by atoms with Crippen LogP contribution in [0.2, 0.25) is 5.02 Å². The van der Waals surface area contributed by atoms with Gasteiger partial charge in [-0.25, -0.2) is 0 Å². The molecule has 138 valence electrons. The third kappa shape index (κ3) is 5.25. The molecule has 3 aromatic carbocycles. The van der Waals surface area contributed by atoms with Gasteiger partial charge >= 0.3 is 0 Å². The molecule has 6 heteroatoms. The highest BCUT2D eigenvalue weighted by atomic mass is 35.5. The predicted octanol–water partition coefficient (Wildman–Crippen LogP) is 5.57. The molecule has 0 fully saturated rings. The summed E-state index contributed by atoms with van der Waals surface area (Å²) in [5.41, 5.74) is 1.08. The van der Waals surface area contributed by atoms with Crippen molar-refractivity contribution in [1.29, 1.82) is 0 Å². The summed E-state index contributed by atoms with van der Waals surface area (Å²) < 4.78 is 0. The van der Waals surface area contributed by atoms with E-state index in [9.17, 15) is 9.59 Å². The molecule has 2 N–H and O–H groups in total. The van der Waals surface area contributed by atoms with Crippen LogP contribution in [0.3, 0.4) is 0 Å². The minimum absolute atomic E-state index is 0.0959. The Morgan fingerprint density at radius 2 is 1.70 bits per heavy atom. The van der Waals surface area contributed by atoms with Gasteiger partial charge < -0.3 is 10.6 Å². The Kier molecular flexibility index (Phi) is 6.37. The van der Waals surface area contributed by atoms with Gasteiger partial charge in [0.15, 0.2) is 0 Å². The van der Waals surface area contributed by atoms with Crippen molar-refractivity contribution in [2.75, 3.05) is 16.4 Å². The third-order valence-corrected chi connectivity index (χ3v) is 5.26. The van der Waals surface area contributed by atoms with Crippen LogP contribution in [-0.4, -0.2) is 17.6 Å². The quantitative estimate of drug-likeness (QED) is 0.533. The summed E-state index contributed by atoms with van der Waals surface area (Å²) in [5.74, 6) is 0.00992. The number of carbonyl (C=O) groups is 2. The van der Waals surface area contributed by atoms with Crippen LogP contribution >= 0.6 is 23.4 Å². The molecule has 0 heterocycles. The minimum Gasteiger partial charge on any atom is -0.326 e. The summed E-state index contributed by atoms with van der Waals surface area (Å²) in [4.78, 5) is 24.9. The van der Waals surface area contributed by atoms with Gasteiger partial charge in [-0.3, -0.25) is 9.59 Å². The number of halogens is 1. The number of amides is 2. The summed E-state index contributed by atoms with van der Waals surface area (Å²) in [7, 11) is 0. The maximum absolute atomic E-state index is 12.3. The monoisotopic (exact) mass is 398 g/mol. The second-order valence-electron chi connectivity index (χ2n) is 5.94. The molecule has 0 unspecified atom stereocenters. The van der Waals surface area contributed by atoms with E-state index in [2.05, 4.69) is 28.8 Å². The number of fused-ring (bicyclic) bond motifs is 1. The SMILES string of the molecule is CCC(=O)Nc1ccc(Cl)c(NC(=O)CSc2ccc3ccccc3c2)c1. The molecular formula is C21H19ClN2O2S. The van der Waals surface area contributed by atoms with Crippen LogP contribution in [0.1, 0.15) is 13.3 Å². The van der Waals surface area contributed by atoms with Gasteiger partial charge in [0.2, 0.25) is 11.8 Å². The maximum Gasteiger partial charge on any atom is 0.234 e. The molecule has 0 atom stereocenters. The van der Waals surface area contributed by atoms with Crippen molar-refractivity contribution in [3.8, 4) is 0 Å². The van der Waals surface area contributed by atoms with Gasteiger partial charge in [0, 0.05) is 17.0 Å². The van der Waals surface area contributed by atoms with Crippen molar-refractivity contribution in [1.82, 2.24) is 0 Å². The van der Waals surface area contributed by atoms with Crippen molar-refractivity contribution in [3.63, 3.8) is 0 Å². The van der Waals surface area contributed by atoms with Gasteiger partial charge in [-0.1, -0.05) is 48.9 Å². The van der Waals surface area contributed by atoms with Gasteiger partial charge in [-0.15, -0.1) is 11.8 Å². The zero-order valence-corrected chi connectivity index (χ0v) is 16.4. The number of hydrogen-bond donors (Lipinski definition) is 2. The molecule has 0 bridgehead atoms. The van der Waals surface area contributed by atoms with Crippen LogP contribution in [-0.2, 0) is 9.59 Å². The fraction of sp³-hybridized carbons (Fsp3) is 0.143. The van der Waals surface area contributed by atoms with Gasteiger partial charge in [-0.2, -0.15) is 0 Å². The average molecular weight is 399 g/mol. The highest BCUT2D eigenvalue weighted by Crippen LogP contribution is 2.27. The molecule has 0 aliphatic rings. The van der Waals surface area contributed by atoms with E-state index in [1.54, 1.807) is 25.1 Å². The lowest BCUT2D eigenvalue weighted by Crippen LogP contribution is -2.15. The molecule has 27 heavy (non-hydrogen) atoms. The summed E-state index contributed by atoms with van der Waals surface area (Å²) in [5, 5.41) is 8.30. The Bertz CT molecular complexity index is 991. The zero-order valence-electron chi connectivity index (χ0n) is 14.8. The summed E-state index contributed by atoms with van der Waals surface area (Å²) in [6.07, 6.45) is 0.382. The Balaban J connectivity index is 1.63. The topological polar surface area (TPSA) is 58.2 Å².